The van der Waals surface area contributed by atoms with Crippen molar-refractivity contribution in [2.75, 3.05) is 16.4 Å². The van der Waals surface area contributed by atoms with E-state index < -0.39 is 6.03 Å². The van der Waals surface area contributed by atoms with E-state index in [1.54, 1.807) is 54.7 Å². The zero-order valence-electron chi connectivity index (χ0n) is 14.9. The van der Waals surface area contributed by atoms with E-state index in [2.05, 4.69) is 25.6 Å². The van der Waals surface area contributed by atoms with Gasteiger partial charge in [-0.05, 0) is 30.3 Å². The summed E-state index contributed by atoms with van der Waals surface area (Å²) in [7, 11) is 0. The highest BCUT2D eigenvalue weighted by molar-refractivity contribution is 6.31. The van der Waals surface area contributed by atoms with Gasteiger partial charge >= 0.3 is 6.03 Å². The first-order valence-electron chi connectivity index (χ1n) is 8.57. The van der Waals surface area contributed by atoms with Gasteiger partial charge in [-0.25, -0.2) is 14.8 Å². The second kappa shape index (κ2) is 7.61. The van der Waals surface area contributed by atoms with Crippen LogP contribution in [0.15, 0.2) is 61.1 Å². The first-order valence-corrected chi connectivity index (χ1v) is 8.95. The molecule has 0 aliphatic rings. The van der Waals surface area contributed by atoms with Gasteiger partial charge in [-0.1, -0.05) is 29.8 Å². The lowest BCUT2D eigenvalue weighted by atomic mass is 10.0. The van der Waals surface area contributed by atoms with Crippen molar-refractivity contribution in [1.82, 2.24) is 15.0 Å². The topological polar surface area (TPSA) is 126 Å². The van der Waals surface area contributed by atoms with E-state index in [0.717, 1.165) is 0 Å². The third-order valence-corrected chi connectivity index (χ3v) is 4.44. The summed E-state index contributed by atoms with van der Waals surface area (Å²) in [6.45, 7) is 0. The molecule has 2 aromatic heterocycles. The van der Waals surface area contributed by atoms with E-state index in [9.17, 15) is 9.59 Å². The lowest BCUT2D eigenvalue weighted by molar-refractivity contribution is 0.104. The SMILES string of the molecule is Nc1ncnc2[nH]cc(C(=O)c3cccc(NC(=O)Nc4cccc(Cl)c4)c3)c12. The summed E-state index contributed by atoms with van der Waals surface area (Å²) in [6.07, 6.45) is 2.87. The van der Waals surface area contributed by atoms with Crippen LogP contribution >= 0.6 is 11.6 Å². The van der Waals surface area contributed by atoms with Gasteiger partial charge in [0.25, 0.3) is 0 Å². The van der Waals surface area contributed by atoms with Gasteiger partial charge in [0, 0.05) is 28.2 Å². The van der Waals surface area contributed by atoms with E-state index >= 15 is 0 Å². The van der Waals surface area contributed by atoms with Gasteiger partial charge in [0.15, 0.2) is 5.78 Å². The number of nitrogens with one attached hydrogen (secondary N) is 3. The monoisotopic (exact) mass is 406 g/mol. The second-order valence-corrected chi connectivity index (χ2v) is 6.62. The molecular weight excluding hydrogens is 392 g/mol. The number of amides is 2. The number of nitrogens with zero attached hydrogens (tertiary/aromatic N) is 2. The molecule has 9 heteroatoms. The number of fused-ring (bicyclic) bond motifs is 1. The highest BCUT2D eigenvalue weighted by atomic mass is 35.5. The molecule has 0 radical (unpaired) electrons. The number of nitrogen functional groups attached to an aromatic ring is 1. The van der Waals surface area contributed by atoms with E-state index in [1.165, 1.54) is 6.33 Å². The Labute approximate surface area is 170 Å². The van der Waals surface area contributed by atoms with Gasteiger partial charge in [0.2, 0.25) is 0 Å². The number of rotatable bonds is 4. The van der Waals surface area contributed by atoms with Crippen molar-refractivity contribution < 1.29 is 9.59 Å². The van der Waals surface area contributed by atoms with Crippen LogP contribution in [0.1, 0.15) is 15.9 Å². The molecule has 0 unspecified atom stereocenters. The quantitative estimate of drug-likeness (QED) is 0.380. The predicted octanol–water partition coefficient (Wildman–Crippen LogP) is 4.07. The van der Waals surface area contributed by atoms with Gasteiger partial charge in [0.1, 0.15) is 17.8 Å². The molecule has 5 N–H and O–H groups in total. The summed E-state index contributed by atoms with van der Waals surface area (Å²) in [5, 5.41) is 6.36. The number of urea groups is 1. The fourth-order valence-corrected chi connectivity index (χ4v) is 3.11. The fraction of sp³-hybridized carbons (Fsp3) is 0. The highest BCUT2D eigenvalue weighted by Gasteiger charge is 2.18. The van der Waals surface area contributed by atoms with Crippen molar-refractivity contribution in [3.8, 4) is 0 Å². The molecule has 2 heterocycles. The van der Waals surface area contributed by atoms with Crippen molar-refractivity contribution in [2.24, 2.45) is 0 Å². The van der Waals surface area contributed by atoms with Crippen LogP contribution in [0.2, 0.25) is 5.02 Å². The normalized spacial score (nSPS) is 10.7. The number of H-pyrrole nitrogens is 1. The highest BCUT2D eigenvalue weighted by Crippen LogP contribution is 2.24. The molecule has 0 spiro atoms. The first-order chi connectivity index (χ1) is 14.0. The van der Waals surface area contributed by atoms with E-state index in [-0.39, 0.29) is 11.6 Å². The summed E-state index contributed by atoms with van der Waals surface area (Å²) < 4.78 is 0. The standard InChI is InChI=1S/C20H15ClN6O2/c21-12-4-2-6-14(8-12)27-20(29)26-13-5-1-3-11(7-13)17(28)15-9-23-19-16(15)18(22)24-10-25-19/h1-10H,(H2,26,27,29)(H3,22,23,24,25). The molecule has 0 aliphatic carbocycles. The lowest BCUT2D eigenvalue weighted by Crippen LogP contribution is -2.19. The average molecular weight is 407 g/mol. The summed E-state index contributed by atoms with van der Waals surface area (Å²) >= 11 is 5.92. The maximum absolute atomic E-state index is 13.0. The minimum Gasteiger partial charge on any atom is -0.383 e. The van der Waals surface area contributed by atoms with Crippen LogP contribution in [0, 0.1) is 0 Å². The van der Waals surface area contributed by atoms with Crippen LogP contribution in [0.3, 0.4) is 0 Å². The molecule has 4 aromatic rings. The van der Waals surface area contributed by atoms with Gasteiger partial charge in [-0.2, -0.15) is 0 Å². The van der Waals surface area contributed by atoms with Gasteiger partial charge in [-0.3, -0.25) is 4.79 Å². The maximum atomic E-state index is 13.0. The van der Waals surface area contributed by atoms with E-state index in [4.69, 9.17) is 17.3 Å². The number of halogens is 1. The zero-order chi connectivity index (χ0) is 20.4. The lowest BCUT2D eigenvalue weighted by Gasteiger charge is -2.09. The summed E-state index contributed by atoms with van der Waals surface area (Å²) in [5.74, 6) is -0.0496. The Morgan fingerprint density at radius 2 is 1.72 bits per heavy atom. The van der Waals surface area contributed by atoms with Crippen LogP contribution < -0.4 is 16.4 Å². The molecule has 0 saturated heterocycles. The number of anilines is 3. The predicted molar refractivity (Wildman–Crippen MR) is 112 cm³/mol. The van der Waals surface area contributed by atoms with Crippen LogP contribution in [-0.2, 0) is 0 Å². The smallest absolute Gasteiger partial charge is 0.323 e. The molecule has 8 nitrogen and oxygen atoms in total. The number of aromatic nitrogens is 3. The molecule has 0 bridgehead atoms. The Bertz CT molecular complexity index is 1240. The van der Waals surface area contributed by atoms with Crippen LogP contribution in [0.5, 0.6) is 0 Å². The van der Waals surface area contributed by atoms with Crippen molar-refractivity contribution in [3.05, 3.63) is 77.2 Å². The number of benzene rings is 2. The third kappa shape index (κ3) is 3.87. The minimum absolute atomic E-state index is 0.217. The number of carbonyl (C=O) groups is 2. The zero-order valence-corrected chi connectivity index (χ0v) is 15.7. The average Bonchev–Trinajstić information content (AvgIpc) is 3.13. The molecule has 2 aromatic carbocycles. The largest absolute Gasteiger partial charge is 0.383 e. The van der Waals surface area contributed by atoms with E-state index in [1.807, 2.05) is 0 Å². The van der Waals surface area contributed by atoms with Gasteiger partial charge < -0.3 is 21.4 Å². The van der Waals surface area contributed by atoms with Crippen LogP contribution in [-0.4, -0.2) is 26.8 Å². The van der Waals surface area contributed by atoms with Gasteiger partial charge in [0.05, 0.1) is 10.9 Å². The molecule has 0 atom stereocenters. The molecule has 0 fully saturated rings. The van der Waals surface area contributed by atoms with Crippen molar-refractivity contribution in [3.63, 3.8) is 0 Å². The Kier molecular flexibility index (Phi) is 4.84. The Hall–Kier alpha value is -3.91. The minimum atomic E-state index is -0.457. The van der Waals surface area contributed by atoms with Crippen LogP contribution in [0.25, 0.3) is 11.0 Å². The molecule has 2 amide bonds. The Morgan fingerprint density at radius 1 is 1.00 bits per heavy atom. The number of ketones is 1. The number of hydrogen-bond acceptors (Lipinski definition) is 5. The van der Waals surface area contributed by atoms with Crippen molar-refractivity contribution in [1.29, 1.82) is 0 Å². The molecular formula is C20H15ClN6O2. The molecule has 4 rings (SSSR count). The van der Waals surface area contributed by atoms with Crippen LogP contribution in [0.4, 0.5) is 22.0 Å². The van der Waals surface area contributed by atoms with Gasteiger partial charge in [-0.15, -0.1) is 0 Å². The molecule has 0 saturated carbocycles. The third-order valence-electron chi connectivity index (χ3n) is 4.21. The molecule has 144 valence electrons. The molecule has 0 aliphatic heterocycles. The Morgan fingerprint density at radius 3 is 2.48 bits per heavy atom. The van der Waals surface area contributed by atoms with Crippen molar-refractivity contribution >= 4 is 51.6 Å². The summed E-state index contributed by atoms with van der Waals surface area (Å²) in [4.78, 5) is 36.1. The fourth-order valence-electron chi connectivity index (χ4n) is 2.92. The van der Waals surface area contributed by atoms with E-state index in [0.29, 0.717) is 38.6 Å². The summed E-state index contributed by atoms with van der Waals surface area (Å²) in [6, 6.07) is 12.9. The molecule has 29 heavy (non-hydrogen) atoms. The first kappa shape index (κ1) is 18.5. The number of nitrogens with two attached hydrogens (primary N) is 1. The number of carbonyl (C=O) groups excluding carboxylic acids is 2. The number of hydrogen-bond donors (Lipinski definition) is 4. The van der Waals surface area contributed by atoms with Crippen molar-refractivity contribution in [2.45, 2.75) is 0 Å². The maximum Gasteiger partial charge on any atom is 0.323 e. The Balaban J connectivity index is 1.55. The summed E-state index contributed by atoms with van der Waals surface area (Å²) in [5.41, 5.74) is 8.14. The number of aromatic amines is 1. The second-order valence-electron chi connectivity index (χ2n) is 6.18.